The third kappa shape index (κ3) is 2.56. The molecule has 0 aliphatic rings. The monoisotopic (exact) mass is 215 g/mol. The van der Waals surface area contributed by atoms with E-state index in [1.165, 1.54) is 12.3 Å². The summed E-state index contributed by atoms with van der Waals surface area (Å²) in [4.78, 5) is 10.8. The molecule has 0 bridgehead atoms. The van der Waals surface area contributed by atoms with E-state index >= 15 is 0 Å². The quantitative estimate of drug-likeness (QED) is 0.797. The van der Waals surface area contributed by atoms with Crippen LogP contribution in [0.2, 0.25) is 5.15 Å². The van der Waals surface area contributed by atoms with Gasteiger partial charge in [-0.05, 0) is 13.8 Å². The summed E-state index contributed by atoms with van der Waals surface area (Å²) in [5, 5.41) is 19.0. The zero-order chi connectivity index (χ0) is 10.8. The fourth-order valence-corrected chi connectivity index (χ4v) is 0.985. The number of aromatic nitrogens is 2. The molecular weight excluding hydrogens is 206 g/mol. The van der Waals surface area contributed by atoms with Crippen molar-refractivity contribution in [2.45, 2.75) is 19.4 Å². The number of hydrogen-bond acceptors (Lipinski definition) is 4. The van der Waals surface area contributed by atoms with Gasteiger partial charge in [-0.2, -0.15) is 5.10 Å². The molecule has 6 heteroatoms. The van der Waals surface area contributed by atoms with Crippen LogP contribution in [0.4, 0.5) is 5.69 Å². The Morgan fingerprint density at radius 1 is 1.64 bits per heavy atom. The Morgan fingerprint density at radius 3 is 2.79 bits per heavy atom. The van der Waals surface area contributed by atoms with Crippen LogP contribution in [0.1, 0.15) is 13.8 Å². The van der Waals surface area contributed by atoms with Crippen LogP contribution in [0.5, 0.6) is 0 Å². The van der Waals surface area contributed by atoms with Gasteiger partial charge in [0.25, 0.3) is 0 Å². The Labute approximate surface area is 86.1 Å². The van der Waals surface area contributed by atoms with E-state index in [1.807, 2.05) is 0 Å². The van der Waals surface area contributed by atoms with Crippen molar-refractivity contribution in [1.82, 2.24) is 10.2 Å². The predicted molar refractivity (Wildman–Crippen MR) is 52.4 cm³/mol. The summed E-state index contributed by atoms with van der Waals surface area (Å²) in [6, 6.07) is 1.51. The van der Waals surface area contributed by atoms with Gasteiger partial charge in [0.05, 0.1) is 11.9 Å². The Bertz CT molecular complexity index is 354. The number of carboxylic acid groups (broad SMARTS) is 1. The van der Waals surface area contributed by atoms with Crippen LogP contribution >= 0.6 is 11.6 Å². The lowest BCUT2D eigenvalue weighted by molar-refractivity contribution is -0.141. The molecule has 1 rings (SSSR count). The summed E-state index contributed by atoms with van der Waals surface area (Å²) in [6.45, 7) is 3.09. The summed E-state index contributed by atoms with van der Waals surface area (Å²) in [5.41, 5.74) is -0.538. The molecule has 0 amide bonds. The molecule has 5 nitrogen and oxygen atoms in total. The van der Waals surface area contributed by atoms with Crippen molar-refractivity contribution in [3.05, 3.63) is 17.4 Å². The van der Waals surface area contributed by atoms with Crippen LogP contribution in [0, 0.1) is 0 Å². The lowest BCUT2D eigenvalue weighted by Gasteiger charge is -2.21. The minimum absolute atomic E-state index is 0.219. The lowest BCUT2D eigenvalue weighted by Crippen LogP contribution is -2.39. The first kappa shape index (κ1) is 10.7. The number of aliphatic carboxylic acids is 1. The van der Waals surface area contributed by atoms with E-state index < -0.39 is 11.5 Å². The van der Waals surface area contributed by atoms with Crippen LogP contribution in [0.15, 0.2) is 12.3 Å². The molecule has 0 spiro atoms. The van der Waals surface area contributed by atoms with Gasteiger partial charge in [-0.15, -0.1) is 5.10 Å². The number of carbonyl (C=O) groups is 1. The summed E-state index contributed by atoms with van der Waals surface area (Å²) in [6.07, 6.45) is 1.41. The van der Waals surface area contributed by atoms with Crippen molar-refractivity contribution in [1.29, 1.82) is 0 Å². The first-order valence-corrected chi connectivity index (χ1v) is 4.29. The van der Waals surface area contributed by atoms with Gasteiger partial charge in [-0.1, -0.05) is 11.6 Å². The number of hydrogen-bond donors (Lipinski definition) is 2. The minimum atomic E-state index is -1.06. The SMILES string of the molecule is CC(C)(Nc1cnnc(Cl)c1)C(=O)O. The number of nitrogens with zero attached hydrogens (tertiary/aromatic N) is 2. The standard InChI is InChI=1S/C8H10ClN3O2/c1-8(2,7(13)14)11-5-3-6(9)12-10-4-5/h3-4H,1-2H3,(H,11,12)(H,13,14). The van der Waals surface area contributed by atoms with Crippen LogP contribution < -0.4 is 5.32 Å². The molecule has 0 aliphatic heterocycles. The Balaban J connectivity index is 2.83. The molecule has 1 aromatic rings. The van der Waals surface area contributed by atoms with Crippen LogP contribution in [0.25, 0.3) is 0 Å². The second-order valence-electron chi connectivity index (χ2n) is 3.32. The van der Waals surface area contributed by atoms with E-state index in [9.17, 15) is 4.79 Å². The molecule has 0 radical (unpaired) electrons. The summed E-state index contributed by atoms with van der Waals surface area (Å²) in [5.74, 6) is -0.953. The number of nitrogens with one attached hydrogen (secondary N) is 1. The van der Waals surface area contributed by atoms with Crippen LogP contribution in [0.3, 0.4) is 0 Å². The highest BCUT2D eigenvalue weighted by Crippen LogP contribution is 2.16. The van der Waals surface area contributed by atoms with E-state index in [2.05, 4.69) is 15.5 Å². The lowest BCUT2D eigenvalue weighted by atomic mass is 10.1. The van der Waals surface area contributed by atoms with Crippen LogP contribution in [-0.4, -0.2) is 26.8 Å². The van der Waals surface area contributed by atoms with Gasteiger partial charge in [0, 0.05) is 6.07 Å². The molecule has 0 saturated heterocycles. The van der Waals surface area contributed by atoms with E-state index in [4.69, 9.17) is 16.7 Å². The van der Waals surface area contributed by atoms with Gasteiger partial charge in [0.1, 0.15) is 5.54 Å². The Hall–Kier alpha value is -1.36. The molecule has 2 N–H and O–H groups in total. The maximum atomic E-state index is 10.8. The molecule has 0 atom stereocenters. The fraction of sp³-hybridized carbons (Fsp3) is 0.375. The molecule has 76 valence electrons. The molecular formula is C8H10ClN3O2. The fourth-order valence-electron chi connectivity index (χ4n) is 0.823. The number of anilines is 1. The average Bonchev–Trinajstić information content (AvgIpc) is 2.02. The Kier molecular flexibility index (Phi) is 2.90. The van der Waals surface area contributed by atoms with E-state index in [0.717, 1.165) is 0 Å². The minimum Gasteiger partial charge on any atom is -0.480 e. The van der Waals surface area contributed by atoms with Gasteiger partial charge in [-0.25, -0.2) is 4.79 Å². The molecule has 0 aliphatic carbocycles. The van der Waals surface area contributed by atoms with Crippen molar-refractivity contribution < 1.29 is 9.90 Å². The molecule has 1 heterocycles. The highest BCUT2D eigenvalue weighted by molar-refractivity contribution is 6.29. The zero-order valence-corrected chi connectivity index (χ0v) is 8.54. The van der Waals surface area contributed by atoms with Gasteiger partial charge < -0.3 is 10.4 Å². The number of halogens is 1. The third-order valence-corrected chi connectivity index (χ3v) is 1.80. The van der Waals surface area contributed by atoms with E-state index in [-0.39, 0.29) is 5.15 Å². The first-order valence-electron chi connectivity index (χ1n) is 3.91. The molecule has 1 aromatic heterocycles. The first-order chi connectivity index (χ1) is 6.42. The van der Waals surface area contributed by atoms with E-state index in [0.29, 0.717) is 5.69 Å². The maximum Gasteiger partial charge on any atom is 0.328 e. The zero-order valence-electron chi connectivity index (χ0n) is 7.78. The number of carboxylic acids is 1. The maximum absolute atomic E-state index is 10.8. The normalized spacial score (nSPS) is 11.1. The predicted octanol–water partition coefficient (Wildman–Crippen LogP) is 1.41. The largest absolute Gasteiger partial charge is 0.480 e. The Morgan fingerprint density at radius 2 is 2.29 bits per heavy atom. The highest BCUT2D eigenvalue weighted by atomic mass is 35.5. The van der Waals surface area contributed by atoms with Gasteiger partial charge >= 0.3 is 5.97 Å². The molecule has 0 aromatic carbocycles. The summed E-state index contributed by atoms with van der Waals surface area (Å²) < 4.78 is 0. The van der Waals surface area contributed by atoms with Crippen molar-refractivity contribution >= 4 is 23.3 Å². The van der Waals surface area contributed by atoms with E-state index in [1.54, 1.807) is 13.8 Å². The van der Waals surface area contributed by atoms with Gasteiger partial charge in [0.2, 0.25) is 0 Å². The molecule has 0 saturated carbocycles. The average molecular weight is 216 g/mol. The second kappa shape index (κ2) is 3.79. The van der Waals surface area contributed by atoms with Gasteiger partial charge in [-0.3, -0.25) is 0 Å². The van der Waals surface area contributed by atoms with Crippen LogP contribution in [-0.2, 0) is 4.79 Å². The third-order valence-electron chi connectivity index (χ3n) is 1.62. The molecule has 0 unspecified atom stereocenters. The molecule has 14 heavy (non-hydrogen) atoms. The highest BCUT2D eigenvalue weighted by Gasteiger charge is 2.26. The summed E-state index contributed by atoms with van der Waals surface area (Å²) >= 11 is 5.59. The number of rotatable bonds is 3. The van der Waals surface area contributed by atoms with Crippen molar-refractivity contribution in [3.63, 3.8) is 0 Å². The van der Waals surface area contributed by atoms with Crippen molar-refractivity contribution in [2.24, 2.45) is 0 Å². The van der Waals surface area contributed by atoms with Crippen molar-refractivity contribution in [3.8, 4) is 0 Å². The van der Waals surface area contributed by atoms with Gasteiger partial charge in [0.15, 0.2) is 5.15 Å². The molecule has 0 fully saturated rings. The summed E-state index contributed by atoms with van der Waals surface area (Å²) in [7, 11) is 0. The topological polar surface area (TPSA) is 75.1 Å². The second-order valence-corrected chi connectivity index (χ2v) is 3.71. The smallest absolute Gasteiger partial charge is 0.328 e. The van der Waals surface area contributed by atoms with Crippen molar-refractivity contribution in [2.75, 3.05) is 5.32 Å².